The fourth-order valence-electron chi connectivity index (χ4n) is 8.34. The van der Waals surface area contributed by atoms with E-state index in [0.29, 0.717) is 33.7 Å². The molecule has 1 saturated heterocycles. The van der Waals surface area contributed by atoms with E-state index in [2.05, 4.69) is 34.1 Å². The van der Waals surface area contributed by atoms with Crippen molar-refractivity contribution in [1.82, 2.24) is 24.6 Å². The Morgan fingerprint density at radius 3 is 2.47 bits per heavy atom. The van der Waals surface area contributed by atoms with Gasteiger partial charge in [-0.1, -0.05) is 13.8 Å². The molecule has 6 N–H and O–H groups in total. The summed E-state index contributed by atoms with van der Waals surface area (Å²) in [6, 6.07) is 0. The second-order valence-corrected chi connectivity index (χ2v) is 13.9. The zero-order chi connectivity index (χ0) is 25.7. The highest BCUT2D eigenvalue weighted by Gasteiger charge is 2.60. The first kappa shape index (κ1) is 24.9. The Kier molecular flexibility index (Phi) is 5.59. The van der Waals surface area contributed by atoms with E-state index >= 15 is 0 Å². The molecule has 1 aliphatic heterocycles. The largest absolute Gasteiger partial charge is 0.400 e. The van der Waals surface area contributed by atoms with Crippen LogP contribution in [0, 0.1) is 16.7 Å². The quantitative estimate of drug-likeness (QED) is 0.232. The third-order valence-electron chi connectivity index (χ3n) is 8.51. The monoisotopic (exact) mass is 542 g/mol. The van der Waals surface area contributed by atoms with E-state index in [1.165, 1.54) is 30.2 Å². The number of imidazole rings is 1. The molecule has 14 heteroatoms. The number of halogens is 1. The molecule has 2 unspecified atom stereocenters. The van der Waals surface area contributed by atoms with Crippen LogP contribution in [0.1, 0.15) is 58.6 Å². The van der Waals surface area contributed by atoms with Gasteiger partial charge in [0.25, 0.3) is 0 Å². The Labute approximate surface area is 213 Å². The van der Waals surface area contributed by atoms with Crippen LogP contribution in [0.3, 0.4) is 0 Å². The van der Waals surface area contributed by atoms with Gasteiger partial charge in [0.05, 0.1) is 6.33 Å². The molecule has 3 heterocycles. The van der Waals surface area contributed by atoms with Crippen LogP contribution >= 0.6 is 19.3 Å². The predicted molar refractivity (Wildman–Crippen MR) is 130 cm³/mol. The van der Waals surface area contributed by atoms with Crippen LogP contribution in [0.4, 0.5) is 5.82 Å². The average Bonchev–Trinajstić information content (AvgIpc) is 3.24. The highest BCUT2D eigenvalue weighted by Crippen LogP contribution is 2.67. The van der Waals surface area contributed by atoms with E-state index in [1.807, 2.05) is 5.09 Å². The lowest BCUT2D eigenvalue weighted by atomic mass is 9.43. The van der Waals surface area contributed by atoms with Gasteiger partial charge in [-0.3, -0.25) is 4.57 Å². The Morgan fingerprint density at radius 2 is 1.83 bits per heavy atom. The molecule has 7 rings (SSSR count). The minimum atomic E-state index is -4.52. The number of hydrogen-bond acceptors (Lipinski definition) is 8. The number of nitrogens with one attached hydrogen (secondary N) is 2. The zero-order valence-corrected chi connectivity index (χ0v) is 21.8. The Balaban J connectivity index is 1.31. The van der Waals surface area contributed by atoms with Crippen LogP contribution in [0.5, 0.6) is 0 Å². The van der Waals surface area contributed by atoms with Crippen LogP contribution in [-0.2, 0) is 9.30 Å². The number of aromatic nitrogens is 4. The van der Waals surface area contributed by atoms with Crippen LogP contribution in [0.25, 0.3) is 11.2 Å². The van der Waals surface area contributed by atoms with Gasteiger partial charge in [0.2, 0.25) is 5.28 Å². The molecule has 5 fully saturated rings. The van der Waals surface area contributed by atoms with Gasteiger partial charge in [0.1, 0.15) is 18.3 Å². The third-order valence-corrected chi connectivity index (χ3v) is 9.28. The second-order valence-electron chi connectivity index (χ2n) is 12.2. The molecule has 12 nitrogen and oxygen atoms in total. The summed E-state index contributed by atoms with van der Waals surface area (Å²) in [6.45, 7) is 4.44. The van der Waals surface area contributed by atoms with Gasteiger partial charge < -0.3 is 30.1 Å². The van der Waals surface area contributed by atoms with Gasteiger partial charge in [-0.05, 0) is 66.9 Å². The summed E-state index contributed by atoms with van der Waals surface area (Å²) in [4.78, 5) is 31.5. The van der Waals surface area contributed by atoms with Crippen LogP contribution in [0.2, 0.25) is 5.28 Å². The molecule has 4 aliphatic carbocycles. The molecule has 198 valence electrons. The van der Waals surface area contributed by atoms with E-state index in [-0.39, 0.29) is 17.4 Å². The third kappa shape index (κ3) is 4.25. The Hall–Kier alpha value is -1.37. The van der Waals surface area contributed by atoms with Crippen molar-refractivity contribution in [3.8, 4) is 0 Å². The highest BCUT2D eigenvalue weighted by molar-refractivity contribution is 7.49. The molecule has 4 bridgehead atoms. The summed E-state index contributed by atoms with van der Waals surface area (Å²) in [6.07, 6.45) is 3.51. The maximum atomic E-state index is 11.2. The number of aliphatic hydroxyl groups excluding tert-OH is 2. The highest BCUT2D eigenvalue weighted by atomic mass is 35.5. The van der Waals surface area contributed by atoms with E-state index in [4.69, 9.17) is 26.1 Å². The molecule has 0 amide bonds. The van der Waals surface area contributed by atoms with Crippen molar-refractivity contribution in [2.24, 2.45) is 16.7 Å². The maximum absolute atomic E-state index is 11.2. The molecular weight excluding hydrogens is 511 g/mol. The van der Waals surface area contributed by atoms with Crippen molar-refractivity contribution in [2.75, 3.05) is 11.9 Å². The van der Waals surface area contributed by atoms with E-state index in [0.717, 1.165) is 19.3 Å². The number of aliphatic hydroxyl groups is 2. The molecule has 5 aliphatic rings. The van der Waals surface area contributed by atoms with Crippen molar-refractivity contribution < 1.29 is 29.3 Å². The molecule has 36 heavy (non-hydrogen) atoms. The number of anilines is 1. The second kappa shape index (κ2) is 8.07. The Morgan fingerprint density at radius 1 is 1.14 bits per heavy atom. The lowest BCUT2D eigenvalue weighted by Gasteiger charge is -2.65. The minimum absolute atomic E-state index is 0.0154. The normalized spacial score (nSPS) is 41.9. The van der Waals surface area contributed by atoms with Gasteiger partial charge in [0.15, 0.2) is 23.2 Å². The first-order chi connectivity index (χ1) is 16.8. The zero-order valence-electron chi connectivity index (χ0n) is 20.1. The lowest BCUT2D eigenvalue weighted by Crippen LogP contribution is -2.61. The fourth-order valence-corrected chi connectivity index (χ4v) is 8.92. The first-order valence-electron chi connectivity index (χ1n) is 12.3. The summed E-state index contributed by atoms with van der Waals surface area (Å²) in [5.41, 5.74) is 1.30. The number of nitrogens with zero attached hydrogens (tertiary/aromatic N) is 4. The van der Waals surface area contributed by atoms with Gasteiger partial charge in [0, 0.05) is 12.1 Å². The Bertz CT molecular complexity index is 1240. The summed E-state index contributed by atoms with van der Waals surface area (Å²) in [7, 11) is -4.52. The minimum Gasteiger partial charge on any atom is -0.387 e. The predicted octanol–water partition coefficient (Wildman–Crippen LogP) is 1.94. The maximum Gasteiger partial charge on any atom is 0.400 e. The summed E-state index contributed by atoms with van der Waals surface area (Å²) in [5, 5.41) is 26.8. The standard InChI is InChI=1S/C22H32ClN6O6P/c1-20-3-11-4-21(2,7-20)9-22(5-11,8-20)28-16-13-17(27-19(23)26-16)29(10-24-13)18-15(31)14(30)12(35-18)6-25-36(32,33)34/h10-12,14-15,18,30-31H,3-9H2,1-2H3,(H,26,27,28)(H3,25,32,33,34)/t11-,12-,14?,15?,18-,20+,21-,22-/m1/s1. The lowest BCUT2D eigenvalue weighted by molar-refractivity contribution is -0.0973. The number of rotatable bonds is 6. The smallest absolute Gasteiger partial charge is 0.387 e. The number of fused-ring (bicyclic) bond motifs is 1. The molecule has 2 aromatic heterocycles. The molecule has 2 aromatic rings. The molecule has 8 atom stereocenters. The summed E-state index contributed by atoms with van der Waals surface area (Å²) < 4.78 is 18.4. The number of hydrogen-bond donors (Lipinski definition) is 6. The average molecular weight is 543 g/mol. The molecule has 0 spiro atoms. The van der Waals surface area contributed by atoms with Crippen molar-refractivity contribution in [3.05, 3.63) is 11.6 Å². The van der Waals surface area contributed by atoms with E-state index < -0.39 is 32.3 Å². The summed E-state index contributed by atoms with van der Waals surface area (Å²) in [5.74, 6) is 1.21. The van der Waals surface area contributed by atoms with Gasteiger partial charge >= 0.3 is 7.75 Å². The van der Waals surface area contributed by atoms with E-state index in [1.54, 1.807) is 0 Å². The fraction of sp³-hybridized carbons (Fsp3) is 0.773. The summed E-state index contributed by atoms with van der Waals surface area (Å²) >= 11 is 6.34. The SMILES string of the molecule is C[C@]12C[C@@H]3C[C@](C)(C1)C[C@@](Nc1nc(Cl)nc4c1ncn4[C@@H]1O[C@H](CNP(=O)(O)O)C(O)C1O)(C3)C2. The number of ether oxygens (including phenoxy) is 1. The van der Waals surface area contributed by atoms with Crippen molar-refractivity contribution in [2.45, 2.75) is 82.5 Å². The van der Waals surface area contributed by atoms with Crippen molar-refractivity contribution >= 4 is 36.3 Å². The molecule has 4 saturated carbocycles. The first-order valence-corrected chi connectivity index (χ1v) is 14.3. The van der Waals surface area contributed by atoms with Crippen LogP contribution in [0.15, 0.2) is 6.33 Å². The molecule has 0 radical (unpaired) electrons. The van der Waals surface area contributed by atoms with Crippen molar-refractivity contribution in [3.63, 3.8) is 0 Å². The molecule has 0 aromatic carbocycles. The van der Waals surface area contributed by atoms with Gasteiger partial charge in [-0.15, -0.1) is 0 Å². The van der Waals surface area contributed by atoms with Crippen molar-refractivity contribution in [1.29, 1.82) is 0 Å². The molecular formula is C22H32ClN6O6P. The van der Waals surface area contributed by atoms with Crippen LogP contribution < -0.4 is 10.4 Å². The topological polar surface area (TPSA) is 175 Å². The van der Waals surface area contributed by atoms with E-state index in [9.17, 15) is 14.8 Å². The van der Waals surface area contributed by atoms with Gasteiger partial charge in [-0.25, -0.2) is 14.6 Å². The van der Waals surface area contributed by atoms with Crippen LogP contribution in [-0.4, -0.2) is 69.9 Å². The van der Waals surface area contributed by atoms with Gasteiger partial charge in [-0.2, -0.15) is 9.97 Å².